The topological polar surface area (TPSA) is 74.6 Å². The first kappa shape index (κ1) is 19.6. The monoisotopic (exact) mass is 302 g/mol. The number of ketones is 2. The van der Waals surface area contributed by atoms with Crippen LogP contribution in [0.25, 0.3) is 0 Å². The van der Waals surface area contributed by atoms with Gasteiger partial charge < -0.3 is 10.2 Å². The summed E-state index contributed by atoms with van der Waals surface area (Å²) in [5.41, 5.74) is 0. The maximum atomic E-state index is 10.0. The molecule has 0 aliphatic heterocycles. The second-order valence-corrected chi connectivity index (χ2v) is 2.79. The van der Waals surface area contributed by atoms with Crippen molar-refractivity contribution in [3.8, 4) is 0 Å². The predicted molar refractivity (Wildman–Crippen MR) is 54.1 cm³/mol. The molecule has 0 aliphatic carbocycles. The zero-order valence-electron chi connectivity index (χ0n) is 9.22. The molecule has 15 heavy (non-hydrogen) atoms. The van der Waals surface area contributed by atoms with Crippen LogP contribution in [0.15, 0.2) is 23.7 Å². The van der Waals surface area contributed by atoms with Gasteiger partial charge in [0.2, 0.25) is 0 Å². The molecule has 0 bridgehead atoms. The van der Waals surface area contributed by atoms with Gasteiger partial charge in [0.25, 0.3) is 0 Å². The van der Waals surface area contributed by atoms with E-state index in [9.17, 15) is 9.59 Å². The van der Waals surface area contributed by atoms with Crippen molar-refractivity contribution in [2.24, 2.45) is 0 Å². The van der Waals surface area contributed by atoms with Crippen molar-refractivity contribution >= 4 is 11.6 Å². The minimum absolute atomic E-state index is 0. The largest absolute Gasteiger partial charge is 0.512 e. The van der Waals surface area contributed by atoms with Crippen LogP contribution in [0.3, 0.4) is 0 Å². The van der Waals surface area contributed by atoms with Gasteiger partial charge in [-0.1, -0.05) is 0 Å². The van der Waals surface area contributed by atoms with Crippen LogP contribution >= 0.6 is 0 Å². The summed E-state index contributed by atoms with van der Waals surface area (Å²) in [5, 5.41) is 16.7. The fourth-order valence-corrected chi connectivity index (χ4v) is 0.588. The van der Waals surface area contributed by atoms with Gasteiger partial charge in [-0.05, 0) is 27.7 Å². The third-order valence-electron chi connectivity index (χ3n) is 0.824. The molecule has 0 saturated heterocycles. The van der Waals surface area contributed by atoms with Crippen molar-refractivity contribution in [1.29, 1.82) is 0 Å². The second kappa shape index (κ2) is 11.1. The number of hydrogen-bond donors (Lipinski definition) is 2. The van der Waals surface area contributed by atoms with E-state index in [1.807, 2.05) is 0 Å². The smallest absolute Gasteiger partial charge is 0.155 e. The van der Waals surface area contributed by atoms with Crippen LogP contribution in [0.1, 0.15) is 27.7 Å². The van der Waals surface area contributed by atoms with Gasteiger partial charge in [0.15, 0.2) is 11.6 Å². The Morgan fingerprint density at radius 3 is 1.00 bits per heavy atom. The minimum Gasteiger partial charge on any atom is -0.512 e. The molecule has 0 radical (unpaired) electrons. The molecule has 0 aromatic carbocycles. The molecule has 2 N–H and O–H groups in total. The Morgan fingerprint density at radius 2 is 1.00 bits per heavy atom. The molecule has 0 unspecified atom stereocenters. The Labute approximate surface area is 102 Å². The van der Waals surface area contributed by atoms with Crippen LogP contribution in [0.5, 0.6) is 0 Å². The zero-order chi connectivity index (χ0) is 11.7. The summed E-state index contributed by atoms with van der Waals surface area (Å²) in [6.07, 6.45) is 2.33. The Morgan fingerprint density at radius 1 is 0.800 bits per heavy atom. The molecule has 0 fully saturated rings. The molecule has 5 heteroatoms. The van der Waals surface area contributed by atoms with Crippen LogP contribution in [-0.4, -0.2) is 21.8 Å². The number of hydrogen-bond acceptors (Lipinski definition) is 4. The fraction of sp³-hybridized carbons (Fsp3) is 0.400. The summed E-state index contributed by atoms with van der Waals surface area (Å²) in [6.45, 7) is 5.70. The molecule has 0 spiro atoms. The molecular weight excluding hydrogens is 285 g/mol. The third-order valence-corrected chi connectivity index (χ3v) is 0.824. The molecular formula is C10H16O4Ru. The van der Waals surface area contributed by atoms with Crippen LogP contribution in [0.4, 0.5) is 0 Å². The van der Waals surface area contributed by atoms with Crippen molar-refractivity contribution < 1.29 is 39.3 Å². The van der Waals surface area contributed by atoms with Gasteiger partial charge in [-0.2, -0.15) is 0 Å². The van der Waals surface area contributed by atoms with E-state index in [4.69, 9.17) is 10.2 Å². The Balaban J connectivity index is -0.000000180. The Hall–Kier alpha value is -0.957. The van der Waals surface area contributed by atoms with Gasteiger partial charge in [-0.15, -0.1) is 0 Å². The van der Waals surface area contributed by atoms with E-state index in [0.29, 0.717) is 0 Å². The summed E-state index contributed by atoms with van der Waals surface area (Å²) in [4.78, 5) is 20.0. The number of allylic oxidation sites excluding steroid dienone is 4. The number of rotatable bonds is 2. The van der Waals surface area contributed by atoms with E-state index >= 15 is 0 Å². The second-order valence-electron chi connectivity index (χ2n) is 2.79. The predicted octanol–water partition coefficient (Wildman–Crippen LogP) is 2.07. The van der Waals surface area contributed by atoms with E-state index in [1.165, 1.54) is 39.8 Å². The minimum atomic E-state index is -0.125. The van der Waals surface area contributed by atoms with Crippen molar-refractivity contribution in [3.05, 3.63) is 23.7 Å². The summed E-state index contributed by atoms with van der Waals surface area (Å²) >= 11 is 0. The van der Waals surface area contributed by atoms with Crippen molar-refractivity contribution in [3.63, 3.8) is 0 Å². The van der Waals surface area contributed by atoms with Gasteiger partial charge in [0, 0.05) is 31.6 Å². The molecule has 0 heterocycles. The number of carbonyl (C=O) groups is 2. The van der Waals surface area contributed by atoms with E-state index in [1.54, 1.807) is 0 Å². The Kier molecular flexibility index (Phi) is 14.5. The third kappa shape index (κ3) is 32.1. The molecule has 4 nitrogen and oxygen atoms in total. The first-order valence-corrected chi connectivity index (χ1v) is 4.01. The molecule has 0 saturated carbocycles. The quantitative estimate of drug-likeness (QED) is 0.465. The normalized spacial score (nSPS) is 10.7. The van der Waals surface area contributed by atoms with Crippen molar-refractivity contribution in [2.45, 2.75) is 27.7 Å². The number of aliphatic hydroxyl groups excluding tert-OH is 2. The average molecular weight is 301 g/mol. The first-order valence-electron chi connectivity index (χ1n) is 4.01. The van der Waals surface area contributed by atoms with Gasteiger partial charge in [-0.3, -0.25) is 9.59 Å². The maximum Gasteiger partial charge on any atom is 0.155 e. The molecule has 0 atom stereocenters. The first-order chi connectivity index (χ1) is 6.25. The van der Waals surface area contributed by atoms with Crippen LogP contribution in [0.2, 0.25) is 0 Å². The summed E-state index contributed by atoms with van der Waals surface area (Å²) < 4.78 is 0. The molecule has 0 amide bonds. The van der Waals surface area contributed by atoms with E-state index in [0.717, 1.165) is 0 Å². The SMILES string of the molecule is CC(=O)C=C(C)O.CC(=O)C=C(C)O.[Ru]. The number of aliphatic hydroxyl groups is 2. The van der Waals surface area contributed by atoms with Crippen LogP contribution in [0, 0.1) is 0 Å². The van der Waals surface area contributed by atoms with Crippen molar-refractivity contribution in [2.75, 3.05) is 0 Å². The van der Waals surface area contributed by atoms with Gasteiger partial charge in [0.05, 0.1) is 11.5 Å². The van der Waals surface area contributed by atoms with Gasteiger partial charge >= 0.3 is 0 Å². The molecule has 88 valence electrons. The van der Waals surface area contributed by atoms with Crippen LogP contribution in [-0.2, 0) is 29.1 Å². The van der Waals surface area contributed by atoms with Crippen molar-refractivity contribution in [1.82, 2.24) is 0 Å². The summed E-state index contributed by atoms with van der Waals surface area (Å²) in [7, 11) is 0. The number of carbonyl (C=O) groups excluding carboxylic acids is 2. The standard InChI is InChI=1S/2C5H8O2.Ru/c2*1-4(6)3-5(2)7;/h2*3,6H,1-2H3;. The zero-order valence-corrected chi connectivity index (χ0v) is 11.0. The molecule has 0 aromatic rings. The van der Waals surface area contributed by atoms with E-state index < -0.39 is 0 Å². The van der Waals surface area contributed by atoms with Crippen LogP contribution < -0.4 is 0 Å². The van der Waals surface area contributed by atoms with Gasteiger partial charge in [-0.25, -0.2) is 0 Å². The van der Waals surface area contributed by atoms with E-state index in [-0.39, 0.29) is 42.6 Å². The molecule has 0 aromatic heterocycles. The molecule has 0 rings (SSSR count). The molecule has 0 aliphatic rings. The van der Waals surface area contributed by atoms with Gasteiger partial charge in [0.1, 0.15) is 0 Å². The maximum absolute atomic E-state index is 10.0. The Bertz CT molecular complexity index is 231. The summed E-state index contributed by atoms with van der Waals surface area (Å²) in [6, 6.07) is 0. The van der Waals surface area contributed by atoms with E-state index in [2.05, 4.69) is 0 Å². The fourth-order valence-electron chi connectivity index (χ4n) is 0.588. The summed E-state index contributed by atoms with van der Waals surface area (Å²) in [5.74, 6) is -0.125. The average Bonchev–Trinajstić information content (AvgIpc) is 1.79.